The lowest BCUT2D eigenvalue weighted by Gasteiger charge is -2.05. The summed E-state index contributed by atoms with van der Waals surface area (Å²) >= 11 is 0. The van der Waals surface area contributed by atoms with Gasteiger partial charge in [-0.25, -0.2) is 0 Å². The second-order valence-corrected chi connectivity index (χ2v) is 17.4. The smallest absolute Gasteiger partial charge is 0.305 e. The van der Waals surface area contributed by atoms with E-state index in [9.17, 15) is 9.59 Å². The SMILES string of the molecule is COC(=O)CCCCCCCCCCCCCCCCCCCCCCCCCCCCCCCCCCCCCCCCCCCCCCCC(=O)O. The number of aliphatic carboxylic acids is 1. The van der Waals surface area contributed by atoms with Crippen molar-refractivity contribution in [2.75, 3.05) is 7.11 Å². The van der Waals surface area contributed by atoms with Crippen LogP contribution in [0.5, 0.6) is 0 Å². The van der Waals surface area contributed by atoms with Gasteiger partial charge in [0.05, 0.1) is 7.11 Å². The number of unbranched alkanes of at least 4 members (excludes halogenated alkanes) is 44. The van der Waals surface area contributed by atoms with Gasteiger partial charge in [0.1, 0.15) is 0 Å². The van der Waals surface area contributed by atoms with Gasteiger partial charge in [-0.05, 0) is 12.8 Å². The van der Waals surface area contributed by atoms with Crippen LogP contribution in [0.15, 0.2) is 0 Å². The van der Waals surface area contributed by atoms with Crippen LogP contribution in [-0.4, -0.2) is 24.2 Å². The van der Waals surface area contributed by atoms with Crippen molar-refractivity contribution in [3.63, 3.8) is 0 Å². The standard InChI is InChI=1S/C50H98O4/c1-54-50(53)48-46-44-42-40-38-36-34-32-30-28-26-24-22-20-18-16-14-12-10-8-6-4-2-3-5-7-9-11-13-15-17-19-21-23-25-27-29-31-33-35-37-39-41-43-45-47-49(51)52/h2-48H2,1H3,(H,51,52). The number of carbonyl (C=O) groups excluding carboxylic acids is 1. The van der Waals surface area contributed by atoms with E-state index >= 15 is 0 Å². The predicted molar refractivity (Wildman–Crippen MR) is 237 cm³/mol. The molecule has 0 aromatic heterocycles. The van der Waals surface area contributed by atoms with E-state index in [0.29, 0.717) is 12.8 Å². The highest BCUT2D eigenvalue weighted by Crippen LogP contribution is 2.18. The second-order valence-electron chi connectivity index (χ2n) is 17.4. The third-order valence-electron chi connectivity index (χ3n) is 12.0. The number of rotatable bonds is 48. The first-order chi connectivity index (χ1) is 26.7. The number of esters is 1. The second kappa shape index (κ2) is 48.1. The number of hydrogen-bond donors (Lipinski definition) is 1. The van der Waals surface area contributed by atoms with E-state index in [0.717, 1.165) is 19.3 Å². The van der Waals surface area contributed by atoms with Crippen LogP contribution in [0.3, 0.4) is 0 Å². The van der Waals surface area contributed by atoms with Gasteiger partial charge < -0.3 is 9.84 Å². The Labute approximate surface area is 339 Å². The maximum atomic E-state index is 11.1. The fraction of sp³-hybridized carbons (Fsp3) is 0.960. The molecule has 0 amide bonds. The summed E-state index contributed by atoms with van der Waals surface area (Å²) in [7, 11) is 1.48. The molecule has 0 aliphatic heterocycles. The lowest BCUT2D eigenvalue weighted by molar-refractivity contribution is -0.141. The molecular formula is C50H98O4. The molecule has 0 aliphatic carbocycles. The molecule has 0 rings (SSSR count). The molecule has 0 saturated carbocycles. The van der Waals surface area contributed by atoms with Crippen LogP contribution < -0.4 is 0 Å². The average molecular weight is 763 g/mol. The molecule has 322 valence electrons. The highest BCUT2D eigenvalue weighted by molar-refractivity contribution is 5.69. The van der Waals surface area contributed by atoms with Crippen LogP contribution in [0, 0.1) is 0 Å². The van der Waals surface area contributed by atoms with Crippen molar-refractivity contribution in [2.24, 2.45) is 0 Å². The normalized spacial score (nSPS) is 11.4. The molecule has 54 heavy (non-hydrogen) atoms. The number of carbonyl (C=O) groups is 2. The molecule has 0 radical (unpaired) electrons. The molecule has 0 bridgehead atoms. The zero-order chi connectivity index (χ0) is 39.1. The monoisotopic (exact) mass is 763 g/mol. The fourth-order valence-corrected chi connectivity index (χ4v) is 8.25. The minimum atomic E-state index is -0.649. The zero-order valence-electron chi connectivity index (χ0n) is 36.9. The molecule has 0 spiro atoms. The van der Waals surface area contributed by atoms with E-state index in [1.807, 2.05) is 0 Å². The first-order valence-corrected chi connectivity index (χ1v) is 25.0. The summed E-state index contributed by atoms with van der Waals surface area (Å²) in [6.07, 6.45) is 63.6. The minimum absolute atomic E-state index is 0.0619. The van der Waals surface area contributed by atoms with Gasteiger partial charge in [0.2, 0.25) is 0 Å². The Morgan fingerprint density at radius 1 is 0.259 bits per heavy atom. The zero-order valence-corrected chi connectivity index (χ0v) is 36.9. The summed E-state index contributed by atoms with van der Waals surface area (Å²) in [5.74, 6) is -0.711. The highest BCUT2D eigenvalue weighted by atomic mass is 16.5. The van der Waals surface area contributed by atoms with Crippen molar-refractivity contribution in [1.82, 2.24) is 0 Å². The molecule has 4 nitrogen and oxygen atoms in total. The van der Waals surface area contributed by atoms with Gasteiger partial charge in [0.25, 0.3) is 0 Å². The summed E-state index contributed by atoms with van der Waals surface area (Å²) in [6.45, 7) is 0. The van der Waals surface area contributed by atoms with Crippen molar-refractivity contribution >= 4 is 11.9 Å². The third-order valence-corrected chi connectivity index (χ3v) is 12.0. The fourth-order valence-electron chi connectivity index (χ4n) is 8.25. The van der Waals surface area contributed by atoms with Crippen LogP contribution >= 0.6 is 0 Å². The highest BCUT2D eigenvalue weighted by Gasteiger charge is 2.01. The van der Waals surface area contributed by atoms with Crippen molar-refractivity contribution in [3.8, 4) is 0 Å². The molecular weight excluding hydrogens is 665 g/mol. The lowest BCUT2D eigenvalue weighted by atomic mass is 10.0. The topological polar surface area (TPSA) is 63.6 Å². The molecule has 0 atom stereocenters. The summed E-state index contributed by atoms with van der Waals surface area (Å²) < 4.78 is 4.69. The summed E-state index contributed by atoms with van der Waals surface area (Å²) in [5, 5.41) is 8.66. The quantitative estimate of drug-likeness (QED) is 0.0495. The van der Waals surface area contributed by atoms with E-state index in [1.54, 1.807) is 0 Å². The van der Waals surface area contributed by atoms with Gasteiger partial charge in [-0.15, -0.1) is 0 Å². The third kappa shape index (κ3) is 49.0. The molecule has 0 fully saturated rings. The first-order valence-electron chi connectivity index (χ1n) is 25.0. The van der Waals surface area contributed by atoms with Crippen molar-refractivity contribution in [2.45, 2.75) is 302 Å². The van der Waals surface area contributed by atoms with E-state index in [4.69, 9.17) is 9.84 Å². The minimum Gasteiger partial charge on any atom is -0.481 e. The maximum absolute atomic E-state index is 11.1. The van der Waals surface area contributed by atoms with Gasteiger partial charge in [-0.1, -0.05) is 276 Å². The van der Waals surface area contributed by atoms with Gasteiger partial charge in [-0.3, -0.25) is 9.59 Å². The van der Waals surface area contributed by atoms with Crippen LogP contribution in [-0.2, 0) is 14.3 Å². The Morgan fingerprint density at radius 2 is 0.389 bits per heavy atom. The number of hydrogen-bond acceptors (Lipinski definition) is 3. The van der Waals surface area contributed by atoms with Gasteiger partial charge in [0.15, 0.2) is 0 Å². The van der Waals surface area contributed by atoms with Gasteiger partial charge in [-0.2, -0.15) is 0 Å². The van der Waals surface area contributed by atoms with Crippen molar-refractivity contribution in [1.29, 1.82) is 0 Å². The van der Waals surface area contributed by atoms with Crippen LogP contribution in [0.2, 0.25) is 0 Å². The van der Waals surface area contributed by atoms with E-state index in [-0.39, 0.29) is 5.97 Å². The van der Waals surface area contributed by atoms with Crippen molar-refractivity contribution in [3.05, 3.63) is 0 Å². The molecule has 0 aromatic carbocycles. The average Bonchev–Trinajstić information content (AvgIpc) is 3.17. The van der Waals surface area contributed by atoms with E-state index in [1.165, 1.54) is 277 Å². The number of carboxylic acid groups (broad SMARTS) is 1. The van der Waals surface area contributed by atoms with Crippen molar-refractivity contribution < 1.29 is 19.4 Å². The molecule has 0 saturated heterocycles. The summed E-state index contributed by atoms with van der Waals surface area (Å²) in [5.41, 5.74) is 0. The van der Waals surface area contributed by atoms with E-state index in [2.05, 4.69) is 0 Å². The number of methoxy groups -OCH3 is 1. The first kappa shape index (κ1) is 52.9. The van der Waals surface area contributed by atoms with E-state index < -0.39 is 5.97 Å². The molecule has 1 N–H and O–H groups in total. The van der Waals surface area contributed by atoms with Gasteiger partial charge >= 0.3 is 11.9 Å². The summed E-state index contributed by atoms with van der Waals surface area (Å²) in [6, 6.07) is 0. The molecule has 0 heterocycles. The maximum Gasteiger partial charge on any atom is 0.305 e. The van der Waals surface area contributed by atoms with Crippen LogP contribution in [0.1, 0.15) is 302 Å². The van der Waals surface area contributed by atoms with Gasteiger partial charge in [0, 0.05) is 12.8 Å². The lowest BCUT2D eigenvalue weighted by Crippen LogP contribution is -1.99. The molecule has 0 unspecified atom stereocenters. The Hall–Kier alpha value is -1.06. The predicted octanol–water partition coefficient (Wildman–Crippen LogP) is 17.6. The molecule has 0 aliphatic rings. The Kier molecular flexibility index (Phi) is 47.1. The number of ether oxygens (including phenoxy) is 1. The molecule has 4 heteroatoms. The Bertz CT molecular complexity index is 721. The van der Waals surface area contributed by atoms with Crippen LogP contribution in [0.25, 0.3) is 0 Å². The number of carboxylic acids is 1. The summed E-state index contributed by atoms with van der Waals surface area (Å²) in [4.78, 5) is 21.6. The largest absolute Gasteiger partial charge is 0.481 e. The van der Waals surface area contributed by atoms with Crippen LogP contribution in [0.4, 0.5) is 0 Å². The molecule has 0 aromatic rings. The Balaban J connectivity index is 3.07. The Morgan fingerprint density at radius 3 is 0.519 bits per heavy atom.